The summed E-state index contributed by atoms with van der Waals surface area (Å²) >= 11 is 0. The number of hydrogen-bond acceptors (Lipinski definition) is 3. The first kappa shape index (κ1) is 13.0. The normalized spacial score (nSPS) is 6.75. The van der Waals surface area contributed by atoms with E-state index in [0.717, 1.165) is 5.69 Å². The second kappa shape index (κ2) is 9.36. The molecule has 1 aromatic rings. The fourth-order valence-corrected chi connectivity index (χ4v) is 0.566. The van der Waals surface area contributed by atoms with Gasteiger partial charge in [-0.25, -0.2) is 0 Å². The Kier molecular flexibility index (Phi) is 10.1. The number of rotatable bonds is 0. The van der Waals surface area contributed by atoms with Gasteiger partial charge in [0.15, 0.2) is 0 Å². The second-order valence-electron chi connectivity index (χ2n) is 1.91. The molecule has 3 nitrogen and oxygen atoms in total. The summed E-state index contributed by atoms with van der Waals surface area (Å²) in [6.45, 7) is 7.04. The number of nitrogens with one attached hydrogen (secondary N) is 2. The van der Waals surface area contributed by atoms with Crippen LogP contribution in [0, 0.1) is 17.7 Å². The van der Waals surface area contributed by atoms with Crippen LogP contribution >= 0.6 is 0 Å². The Morgan fingerprint density at radius 3 is 1.58 bits per heavy atom. The van der Waals surface area contributed by atoms with Crippen molar-refractivity contribution in [3.63, 3.8) is 0 Å². The molecule has 0 atom stereocenters. The molecule has 0 bridgehead atoms. The molecule has 0 radical (unpaired) electrons. The zero-order chi connectivity index (χ0) is 9.98. The molecule has 0 aliphatic rings. The number of nitrogens with two attached hydrogens (primary N) is 1. The van der Waals surface area contributed by atoms with Gasteiger partial charge in [-0.3, -0.25) is 0 Å². The van der Waals surface area contributed by atoms with Gasteiger partial charge >= 0.3 is 0 Å². The lowest BCUT2D eigenvalue weighted by molar-refractivity contribution is 1.47. The molecule has 1 aromatic carbocycles. The van der Waals surface area contributed by atoms with E-state index in [1.165, 1.54) is 5.56 Å². The van der Waals surface area contributed by atoms with Crippen molar-refractivity contribution in [3.05, 3.63) is 29.8 Å². The Morgan fingerprint density at radius 1 is 1.00 bits per heavy atom. The molecule has 4 N–H and O–H groups in total. The molecule has 0 fully saturated rings. The first-order valence-electron chi connectivity index (χ1n) is 3.32. The highest BCUT2D eigenvalue weighted by molar-refractivity contribution is 5.38. The highest BCUT2D eigenvalue weighted by Gasteiger charge is 1.80. The van der Waals surface area contributed by atoms with E-state index in [-0.39, 0.29) is 0 Å². The van der Waals surface area contributed by atoms with Gasteiger partial charge < -0.3 is 16.6 Å². The second-order valence-corrected chi connectivity index (χ2v) is 1.91. The third-order valence-electron chi connectivity index (χ3n) is 1.08. The van der Waals surface area contributed by atoms with Crippen LogP contribution in [0.5, 0.6) is 0 Å². The van der Waals surface area contributed by atoms with E-state index in [1.54, 1.807) is 0 Å². The Balaban J connectivity index is 0. The summed E-state index contributed by atoms with van der Waals surface area (Å²) in [5.41, 5.74) is 7.51. The van der Waals surface area contributed by atoms with Crippen molar-refractivity contribution in [2.24, 2.45) is 0 Å². The van der Waals surface area contributed by atoms with Gasteiger partial charge in [-0.2, -0.15) is 0 Å². The van der Waals surface area contributed by atoms with Crippen LogP contribution in [0.4, 0.5) is 5.69 Å². The minimum Gasteiger partial charge on any atom is -0.399 e. The van der Waals surface area contributed by atoms with Crippen LogP contribution in [-0.2, 0) is 0 Å². The molecule has 3 heteroatoms. The van der Waals surface area contributed by atoms with E-state index in [4.69, 9.17) is 16.6 Å². The monoisotopic (exact) mass is 165 g/mol. The van der Waals surface area contributed by atoms with Crippen molar-refractivity contribution >= 4 is 19.1 Å². The van der Waals surface area contributed by atoms with Gasteiger partial charge in [0.1, 0.15) is 0 Å². The summed E-state index contributed by atoms with van der Waals surface area (Å²) in [4.78, 5) is 0. The van der Waals surface area contributed by atoms with Crippen LogP contribution in [0.1, 0.15) is 5.56 Å². The maximum atomic E-state index is 5.50. The topological polar surface area (TPSA) is 73.7 Å². The van der Waals surface area contributed by atoms with Crippen LogP contribution in [0.3, 0.4) is 0 Å². The van der Waals surface area contributed by atoms with Gasteiger partial charge in [-0.15, -0.1) is 0 Å². The molecule has 12 heavy (non-hydrogen) atoms. The lowest BCUT2D eigenvalue weighted by Gasteiger charge is -1.90. The summed E-state index contributed by atoms with van der Waals surface area (Å²) in [6.07, 6.45) is 0. The fraction of sp³-hybridized carbons (Fsp3) is 0.111. The fourth-order valence-electron chi connectivity index (χ4n) is 0.566. The minimum absolute atomic E-state index is 0.829. The molecule has 0 saturated carbocycles. The summed E-state index contributed by atoms with van der Waals surface area (Å²) in [7, 11) is 0. The molecule has 0 amide bonds. The van der Waals surface area contributed by atoms with Gasteiger partial charge in [0.25, 0.3) is 0 Å². The summed E-state index contributed by atoms with van der Waals surface area (Å²) < 4.78 is 0. The summed E-state index contributed by atoms with van der Waals surface area (Å²) in [6, 6.07) is 7.79. The average molecular weight is 165 g/mol. The van der Waals surface area contributed by atoms with Crippen LogP contribution in [0.25, 0.3) is 0 Å². The van der Waals surface area contributed by atoms with Crippen LogP contribution in [0.2, 0.25) is 0 Å². The standard InChI is InChI=1S/C7H9N.2CH3N/c1-6-2-4-7(8)5-3-6;2*1-2/h2-5H,8H2,1H3;2*2H,1H2. The smallest absolute Gasteiger partial charge is 0.0314 e. The van der Waals surface area contributed by atoms with Crippen molar-refractivity contribution in [1.82, 2.24) is 0 Å². The number of nitrogen functional groups attached to an aromatic ring is 1. The van der Waals surface area contributed by atoms with Crippen molar-refractivity contribution in [2.75, 3.05) is 5.73 Å². The predicted molar refractivity (Wildman–Crippen MR) is 55.3 cm³/mol. The third kappa shape index (κ3) is 6.48. The highest BCUT2D eigenvalue weighted by atomic mass is 14.5. The summed E-state index contributed by atoms with van der Waals surface area (Å²) in [5, 5.41) is 11.0. The van der Waals surface area contributed by atoms with Crippen molar-refractivity contribution in [1.29, 1.82) is 10.8 Å². The molecule has 0 aromatic heterocycles. The SMILES string of the molecule is C=N.C=N.Cc1ccc(N)cc1. The first-order chi connectivity index (χ1) is 5.79. The van der Waals surface area contributed by atoms with Gasteiger partial charge in [0, 0.05) is 5.69 Å². The van der Waals surface area contributed by atoms with Gasteiger partial charge in [0.2, 0.25) is 0 Å². The van der Waals surface area contributed by atoms with E-state index in [9.17, 15) is 0 Å². The van der Waals surface area contributed by atoms with E-state index in [2.05, 4.69) is 13.4 Å². The predicted octanol–water partition coefficient (Wildman–Crippen LogP) is 2.11. The first-order valence-corrected chi connectivity index (χ1v) is 3.32. The van der Waals surface area contributed by atoms with Gasteiger partial charge in [-0.1, -0.05) is 17.7 Å². The Morgan fingerprint density at radius 2 is 1.33 bits per heavy atom. The average Bonchev–Trinajstić information content (AvgIpc) is 2.17. The lowest BCUT2D eigenvalue weighted by Crippen LogP contribution is -1.81. The molecule has 0 unspecified atom stereocenters. The molecule has 0 aliphatic carbocycles. The number of benzene rings is 1. The van der Waals surface area contributed by atoms with Crippen molar-refractivity contribution in [3.8, 4) is 0 Å². The highest BCUT2D eigenvalue weighted by Crippen LogP contribution is 2.02. The maximum Gasteiger partial charge on any atom is 0.0314 e. The molecular formula is C9H15N3. The largest absolute Gasteiger partial charge is 0.399 e. The van der Waals surface area contributed by atoms with Crippen LogP contribution < -0.4 is 5.73 Å². The molecule has 0 saturated heterocycles. The zero-order valence-electron chi connectivity index (χ0n) is 7.30. The van der Waals surface area contributed by atoms with Gasteiger partial charge in [-0.05, 0) is 32.5 Å². The minimum atomic E-state index is 0.829. The molecule has 66 valence electrons. The van der Waals surface area contributed by atoms with Crippen molar-refractivity contribution < 1.29 is 0 Å². The van der Waals surface area contributed by atoms with Crippen LogP contribution in [0.15, 0.2) is 24.3 Å². The molecule has 0 heterocycles. The Labute approximate surface area is 73.2 Å². The van der Waals surface area contributed by atoms with E-state index < -0.39 is 0 Å². The lowest BCUT2D eigenvalue weighted by atomic mass is 10.2. The summed E-state index contributed by atoms with van der Waals surface area (Å²) in [5.74, 6) is 0. The molecular weight excluding hydrogens is 150 g/mol. The number of hydrogen-bond donors (Lipinski definition) is 3. The van der Waals surface area contributed by atoms with Crippen molar-refractivity contribution in [2.45, 2.75) is 6.92 Å². The van der Waals surface area contributed by atoms with E-state index in [1.807, 2.05) is 31.2 Å². The van der Waals surface area contributed by atoms with Gasteiger partial charge in [0.05, 0.1) is 0 Å². The number of aryl methyl sites for hydroxylation is 1. The zero-order valence-corrected chi connectivity index (χ0v) is 7.30. The van der Waals surface area contributed by atoms with E-state index in [0.29, 0.717) is 0 Å². The third-order valence-corrected chi connectivity index (χ3v) is 1.08. The molecule has 0 aliphatic heterocycles. The Bertz CT molecular complexity index is 170. The maximum absolute atomic E-state index is 5.50. The molecule has 0 spiro atoms. The quantitative estimate of drug-likeness (QED) is 0.399. The number of anilines is 1. The molecule has 1 rings (SSSR count). The van der Waals surface area contributed by atoms with Crippen LogP contribution in [-0.4, -0.2) is 13.4 Å². The van der Waals surface area contributed by atoms with E-state index >= 15 is 0 Å². The Hall–Kier alpha value is -1.64.